The summed E-state index contributed by atoms with van der Waals surface area (Å²) in [4.78, 5) is 0. The lowest BCUT2D eigenvalue weighted by Gasteiger charge is -2.28. The highest BCUT2D eigenvalue weighted by Crippen LogP contribution is 2.54. The summed E-state index contributed by atoms with van der Waals surface area (Å²) in [6.45, 7) is 4.02. The van der Waals surface area contributed by atoms with Gasteiger partial charge in [0.05, 0.1) is 5.71 Å². The lowest BCUT2D eigenvalue weighted by Crippen LogP contribution is -2.42. The fraction of sp³-hybridized carbons (Fsp3) is 0.152. The Morgan fingerprint density at radius 2 is 1.14 bits per heavy atom. The van der Waals surface area contributed by atoms with Crippen LogP contribution in [-0.4, -0.2) is 35.0 Å². The zero-order valence-electron chi connectivity index (χ0n) is 24.0. The van der Waals surface area contributed by atoms with E-state index < -0.39 is 7.26 Å². The van der Waals surface area contributed by atoms with E-state index in [-0.39, 0.29) is 0 Å². The number of hydrazone groups is 2. The van der Waals surface area contributed by atoms with E-state index >= 15 is 0 Å². The van der Waals surface area contributed by atoms with Gasteiger partial charge in [-0.1, -0.05) is 85.8 Å². The maximum atomic E-state index is 5.75. The Hall–Kier alpha value is -3.97. The molecule has 4 aromatic carbocycles. The topological polar surface area (TPSA) is 72.8 Å². The quantitative estimate of drug-likeness (QED) is 0.0891. The highest BCUT2D eigenvalue weighted by molar-refractivity contribution is 7.95. The van der Waals surface area contributed by atoms with E-state index in [1.54, 1.807) is 7.05 Å². The third-order valence-corrected chi connectivity index (χ3v) is 11.6. The summed E-state index contributed by atoms with van der Waals surface area (Å²) in [5.74, 6) is 0. The highest BCUT2D eigenvalue weighted by Gasteiger charge is 2.45. The van der Waals surface area contributed by atoms with Gasteiger partial charge in [-0.3, -0.25) is 10.9 Å². The Morgan fingerprint density at radius 3 is 1.60 bits per heavy atom. The van der Waals surface area contributed by atoms with Crippen molar-refractivity contribution in [1.82, 2.24) is 21.5 Å². The monoisotopic (exact) mass is 611 g/mol. The standard InChI is InChI=1S/C33H35N6PS2/c1-4-26-20-22-27(23-21-26)31(37-38-32(41)34-3)25(2)36-39-33(42)35-24-40(28-14-8-5-9-15-28,29-16-10-6-11-17-29)30-18-12-7-13-19-30/h5-23H,4,24H2,1-3H3,(H3-,34,35,36,37,38,39,41,42)/p+1. The number of rotatable bonds is 10. The number of nitrogens with one attached hydrogen (secondary N) is 4. The van der Waals surface area contributed by atoms with E-state index in [9.17, 15) is 0 Å². The molecule has 0 unspecified atom stereocenters. The lowest BCUT2D eigenvalue weighted by atomic mass is 10.0. The average molecular weight is 612 g/mol. The fourth-order valence-corrected chi connectivity index (χ4v) is 8.75. The van der Waals surface area contributed by atoms with Gasteiger partial charge in [0, 0.05) is 12.6 Å². The van der Waals surface area contributed by atoms with Crippen LogP contribution in [0.5, 0.6) is 0 Å². The van der Waals surface area contributed by atoms with Gasteiger partial charge in [0.15, 0.2) is 10.2 Å². The number of hydrogen-bond acceptors (Lipinski definition) is 4. The van der Waals surface area contributed by atoms with Crippen molar-refractivity contribution in [3.63, 3.8) is 0 Å². The molecule has 0 aliphatic rings. The fourth-order valence-electron chi connectivity index (χ4n) is 4.60. The number of hydrogen-bond donors (Lipinski definition) is 4. The third-order valence-electron chi connectivity index (χ3n) is 6.87. The van der Waals surface area contributed by atoms with Crippen LogP contribution in [0.25, 0.3) is 0 Å². The second-order valence-corrected chi connectivity index (χ2v) is 13.8. The molecule has 0 fully saturated rings. The first-order chi connectivity index (χ1) is 20.5. The van der Waals surface area contributed by atoms with Crippen molar-refractivity contribution in [1.29, 1.82) is 0 Å². The van der Waals surface area contributed by atoms with Crippen molar-refractivity contribution in [3.8, 4) is 0 Å². The van der Waals surface area contributed by atoms with Crippen LogP contribution in [0.1, 0.15) is 25.0 Å². The predicted molar refractivity (Wildman–Crippen MR) is 189 cm³/mol. The van der Waals surface area contributed by atoms with Gasteiger partial charge in [0.1, 0.15) is 35.2 Å². The first kappa shape index (κ1) is 31.0. The molecule has 0 spiro atoms. The highest BCUT2D eigenvalue weighted by atomic mass is 32.1. The van der Waals surface area contributed by atoms with Crippen LogP contribution in [0.3, 0.4) is 0 Å². The van der Waals surface area contributed by atoms with Crippen LogP contribution >= 0.6 is 31.7 Å². The summed E-state index contributed by atoms with van der Waals surface area (Å²) in [6.07, 6.45) is 1.59. The SMILES string of the molecule is CCc1ccc(C(=N\NC(=S)NC)/C(C)=N/NC(=S)NC[P+](c2ccccc2)(c2ccccc2)c2ccccc2)cc1. The van der Waals surface area contributed by atoms with E-state index in [1.165, 1.54) is 21.5 Å². The van der Waals surface area contributed by atoms with Gasteiger partial charge in [0.25, 0.3) is 0 Å². The molecule has 0 aromatic heterocycles. The van der Waals surface area contributed by atoms with Gasteiger partial charge in [-0.05, 0) is 79.7 Å². The molecular formula is C33H36N6PS2+. The van der Waals surface area contributed by atoms with Crippen molar-refractivity contribution in [3.05, 3.63) is 126 Å². The lowest BCUT2D eigenvalue weighted by molar-refractivity contribution is 0.956. The Kier molecular flexibility index (Phi) is 11.3. The van der Waals surface area contributed by atoms with Crippen molar-refractivity contribution in [2.75, 3.05) is 13.3 Å². The zero-order chi connectivity index (χ0) is 29.8. The van der Waals surface area contributed by atoms with Crippen molar-refractivity contribution >= 4 is 69.3 Å². The van der Waals surface area contributed by atoms with E-state index in [1.807, 2.05) is 19.1 Å². The van der Waals surface area contributed by atoms with E-state index in [2.05, 4.69) is 142 Å². The smallest absolute Gasteiger partial charge is 0.189 e. The maximum absolute atomic E-state index is 5.75. The third kappa shape index (κ3) is 7.65. The van der Waals surface area contributed by atoms with Gasteiger partial charge in [-0.15, -0.1) is 0 Å². The van der Waals surface area contributed by atoms with Crippen LogP contribution in [0.15, 0.2) is 125 Å². The molecule has 4 aromatic rings. The minimum Gasteiger partial charge on any atom is -0.364 e. The average Bonchev–Trinajstić information content (AvgIpc) is 3.05. The van der Waals surface area contributed by atoms with Crippen LogP contribution < -0.4 is 37.4 Å². The molecule has 42 heavy (non-hydrogen) atoms. The first-order valence-electron chi connectivity index (χ1n) is 13.8. The molecule has 0 saturated heterocycles. The van der Waals surface area contributed by atoms with Gasteiger partial charge >= 0.3 is 0 Å². The zero-order valence-corrected chi connectivity index (χ0v) is 26.6. The predicted octanol–water partition coefficient (Wildman–Crippen LogP) is 4.84. The molecule has 6 nitrogen and oxygen atoms in total. The molecule has 0 aliphatic carbocycles. The summed E-state index contributed by atoms with van der Waals surface area (Å²) in [5, 5.41) is 20.2. The van der Waals surface area contributed by atoms with Crippen LogP contribution in [0.4, 0.5) is 0 Å². The van der Waals surface area contributed by atoms with Gasteiger partial charge in [-0.25, -0.2) is 0 Å². The van der Waals surface area contributed by atoms with E-state index in [0.717, 1.165) is 12.0 Å². The second-order valence-electron chi connectivity index (χ2n) is 9.49. The normalized spacial score (nSPS) is 11.9. The largest absolute Gasteiger partial charge is 0.364 e. The van der Waals surface area contributed by atoms with Crippen LogP contribution in [-0.2, 0) is 6.42 Å². The second kappa shape index (κ2) is 15.3. The van der Waals surface area contributed by atoms with Gasteiger partial charge < -0.3 is 10.6 Å². The van der Waals surface area contributed by atoms with E-state index in [4.69, 9.17) is 24.4 Å². The maximum Gasteiger partial charge on any atom is 0.189 e. The Morgan fingerprint density at radius 1 is 0.667 bits per heavy atom. The van der Waals surface area contributed by atoms with Crippen LogP contribution in [0.2, 0.25) is 0 Å². The molecule has 0 atom stereocenters. The van der Waals surface area contributed by atoms with E-state index in [0.29, 0.717) is 27.9 Å². The van der Waals surface area contributed by atoms with Crippen molar-refractivity contribution in [2.45, 2.75) is 20.3 Å². The Bertz CT molecular complexity index is 1430. The molecule has 0 saturated carbocycles. The number of nitrogens with zero attached hydrogens (tertiary/aromatic N) is 2. The molecule has 0 amide bonds. The van der Waals surface area contributed by atoms with Gasteiger partial charge in [0.2, 0.25) is 0 Å². The molecule has 4 N–H and O–H groups in total. The first-order valence-corrected chi connectivity index (χ1v) is 16.5. The summed E-state index contributed by atoms with van der Waals surface area (Å²) < 4.78 is 0. The molecule has 0 heterocycles. The molecule has 4 rings (SSSR count). The molecule has 0 radical (unpaired) electrons. The van der Waals surface area contributed by atoms with Gasteiger partial charge in [-0.2, -0.15) is 10.2 Å². The van der Waals surface area contributed by atoms with Crippen molar-refractivity contribution in [2.24, 2.45) is 10.2 Å². The molecule has 0 aliphatic heterocycles. The molecule has 214 valence electrons. The minimum atomic E-state index is -2.10. The molecule has 0 bridgehead atoms. The summed E-state index contributed by atoms with van der Waals surface area (Å²) >= 11 is 11.0. The summed E-state index contributed by atoms with van der Waals surface area (Å²) in [7, 11) is -0.350. The molecule has 9 heteroatoms. The summed E-state index contributed by atoms with van der Waals surface area (Å²) in [6, 6.07) is 40.3. The Balaban J connectivity index is 1.61. The van der Waals surface area contributed by atoms with Crippen LogP contribution in [0, 0.1) is 0 Å². The van der Waals surface area contributed by atoms with Crippen molar-refractivity contribution < 1.29 is 0 Å². The minimum absolute atomic E-state index is 0.415. The number of thiocarbonyl (C=S) groups is 2. The number of benzene rings is 4. The molecular weight excluding hydrogens is 576 g/mol. The summed E-state index contributed by atoms with van der Waals surface area (Å²) in [5.41, 5.74) is 9.42. The Labute approximate surface area is 260 Å². The number of aryl methyl sites for hydroxylation is 1.